The summed E-state index contributed by atoms with van der Waals surface area (Å²) in [6.45, 7) is 2.71. The molecule has 18 heavy (non-hydrogen) atoms. The fraction of sp³-hybridized carbons (Fsp3) is 0.455. The Balaban J connectivity index is 1.95. The third-order valence-corrected chi connectivity index (χ3v) is 4.03. The molecular weight excluding hydrogens is 250 g/mol. The molecule has 1 fully saturated rings. The molecule has 94 valence electrons. The second-order valence-electron chi connectivity index (χ2n) is 4.42. The normalized spacial score (nSPS) is 19.8. The van der Waals surface area contributed by atoms with E-state index in [9.17, 15) is 4.79 Å². The molecule has 6 nitrogen and oxygen atoms in total. The van der Waals surface area contributed by atoms with Gasteiger partial charge in [0.25, 0.3) is 0 Å². The third-order valence-electron chi connectivity index (χ3n) is 3.18. The van der Waals surface area contributed by atoms with Crippen LogP contribution in [0, 0.1) is 6.92 Å². The Bertz CT molecular complexity index is 610. The number of likely N-dealkylation sites (tertiary alicyclic amines) is 1. The number of hydrogen-bond donors (Lipinski definition) is 1. The van der Waals surface area contributed by atoms with Crippen molar-refractivity contribution in [1.29, 1.82) is 0 Å². The average Bonchev–Trinajstić information content (AvgIpc) is 2.89. The lowest BCUT2D eigenvalue weighted by Gasteiger charge is -2.13. The van der Waals surface area contributed by atoms with E-state index < -0.39 is 0 Å². The summed E-state index contributed by atoms with van der Waals surface area (Å²) in [5.74, 6) is 0.822. The lowest BCUT2D eigenvalue weighted by Crippen LogP contribution is -2.31. The molecule has 1 atom stereocenters. The van der Waals surface area contributed by atoms with Crippen LogP contribution in [0.25, 0.3) is 10.2 Å². The molecular formula is C11H13N5OS. The summed E-state index contributed by atoms with van der Waals surface area (Å²) >= 11 is 1.35. The minimum atomic E-state index is -0.188. The maximum Gasteiger partial charge on any atom is 0.244 e. The highest BCUT2D eigenvalue weighted by atomic mass is 32.1. The van der Waals surface area contributed by atoms with Crippen LogP contribution in [0.5, 0.6) is 0 Å². The first-order valence-electron chi connectivity index (χ1n) is 5.75. The molecule has 1 amide bonds. The van der Waals surface area contributed by atoms with E-state index in [0.29, 0.717) is 5.82 Å². The van der Waals surface area contributed by atoms with Crippen LogP contribution in [-0.2, 0) is 4.79 Å². The van der Waals surface area contributed by atoms with Gasteiger partial charge in [-0.3, -0.25) is 4.79 Å². The molecule has 1 N–H and O–H groups in total. The number of anilines is 1. The minimum Gasteiger partial charge on any atom is -0.358 e. The highest BCUT2D eigenvalue weighted by Crippen LogP contribution is 2.27. The molecule has 2 aromatic heterocycles. The number of rotatable bonds is 2. The molecule has 7 heteroatoms. The van der Waals surface area contributed by atoms with E-state index >= 15 is 0 Å². The van der Waals surface area contributed by atoms with Crippen LogP contribution >= 0.6 is 11.5 Å². The second kappa shape index (κ2) is 4.16. The predicted octanol–water partition coefficient (Wildman–Crippen LogP) is 1.04. The number of likely N-dealkylation sites (N-methyl/N-ethyl adjacent to an activating group) is 1. The van der Waals surface area contributed by atoms with Gasteiger partial charge in [0.2, 0.25) is 5.91 Å². The molecule has 0 aliphatic carbocycles. The largest absolute Gasteiger partial charge is 0.358 e. The van der Waals surface area contributed by atoms with Gasteiger partial charge in [0.15, 0.2) is 0 Å². The zero-order chi connectivity index (χ0) is 12.7. The fourth-order valence-corrected chi connectivity index (χ4v) is 2.90. The number of nitrogens with zero attached hydrogens (tertiary/aromatic N) is 4. The summed E-state index contributed by atoms with van der Waals surface area (Å²) in [7, 11) is 1.82. The van der Waals surface area contributed by atoms with Gasteiger partial charge < -0.3 is 10.2 Å². The van der Waals surface area contributed by atoms with E-state index in [2.05, 4.69) is 19.7 Å². The number of carbonyl (C=O) groups is 1. The SMILES string of the molecule is Cc1nsc2ncnc(NC3CCN(C)C3=O)c12. The highest BCUT2D eigenvalue weighted by molar-refractivity contribution is 7.13. The molecule has 0 bridgehead atoms. The number of amides is 1. The van der Waals surface area contributed by atoms with E-state index in [1.807, 2.05) is 14.0 Å². The first-order valence-corrected chi connectivity index (χ1v) is 6.52. The molecule has 1 aliphatic rings. The van der Waals surface area contributed by atoms with Crippen molar-refractivity contribution in [3.63, 3.8) is 0 Å². The van der Waals surface area contributed by atoms with Crippen LogP contribution in [0.4, 0.5) is 5.82 Å². The standard InChI is InChI=1S/C11H13N5OS/c1-6-8-9(12-5-13-10(8)18-15-6)14-7-3-4-16(2)11(7)17/h5,7H,3-4H2,1-2H3,(H,12,13,14). The minimum absolute atomic E-state index is 0.114. The van der Waals surface area contributed by atoms with Gasteiger partial charge in [-0.25, -0.2) is 9.97 Å². The van der Waals surface area contributed by atoms with Gasteiger partial charge in [0.05, 0.1) is 11.1 Å². The zero-order valence-electron chi connectivity index (χ0n) is 10.2. The monoisotopic (exact) mass is 263 g/mol. The highest BCUT2D eigenvalue weighted by Gasteiger charge is 2.29. The number of carbonyl (C=O) groups excluding carboxylic acids is 1. The first kappa shape index (κ1) is 11.3. The zero-order valence-corrected chi connectivity index (χ0v) is 11.0. The smallest absolute Gasteiger partial charge is 0.244 e. The van der Waals surface area contributed by atoms with Crippen LogP contribution in [-0.4, -0.2) is 44.8 Å². The van der Waals surface area contributed by atoms with Crippen molar-refractivity contribution < 1.29 is 4.79 Å². The Morgan fingerprint density at radius 1 is 1.50 bits per heavy atom. The summed E-state index contributed by atoms with van der Waals surface area (Å²) in [5, 5.41) is 4.14. The second-order valence-corrected chi connectivity index (χ2v) is 5.17. The first-order chi connectivity index (χ1) is 8.66. The van der Waals surface area contributed by atoms with Gasteiger partial charge in [-0.1, -0.05) is 0 Å². The molecule has 0 aromatic carbocycles. The van der Waals surface area contributed by atoms with E-state index in [1.54, 1.807) is 4.90 Å². The number of fused-ring (bicyclic) bond motifs is 1. The van der Waals surface area contributed by atoms with Gasteiger partial charge in [0.1, 0.15) is 23.0 Å². The lowest BCUT2D eigenvalue weighted by molar-refractivity contribution is -0.127. The van der Waals surface area contributed by atoms with Crippen LogP contribution < -0.4 is 5.32 Å². The summed E-state index contributed by atoms with van der Waals surface area (Å²) in [4.78, 5) is 22.9. The number of aromatic nitrogens is 3. The van der Waals surface area contributed by atoms with Crippen molar-refractivity contribution in [2.45, 2.75) is 19.4 Å². The summed E-state index contributed by atoms with van der Waals surface area (Å²) in [6, 6.07) is -0.188. The molecule has 0 saturated carbocycles. The molecule has 3 heterocycles. The van der Waals surface area contributed by atoms with Crippen LogP contribution in [0.15, 0.2) is 6.33 Å². The van der Waals surface area contributed by atoms with Gasteiger partial charge in [-0.2, -0.15) is 4.37 Å². The van der Waals surface area contributed by atoms with E-state index in [4.69, 9.17) is 0 Å². The Labute approximate surface area is 108 Å². The van der Waals surface area contributed by atoms with Crippen LogP contribution in [0.1, 0.15) is 12.1 Å². The molecule has 2 aromatic rings. The van der Waals surface area contributed by atoms with Crippen molar-refractivity contribution in [2.24, 2.45) is 0 Å². The summed E-state index contributed by atoms with van der Waals surface area (Å²) < 4.78 is 4.27. The molecule has 1 unspecified atom stereocenters. The lowest BCUT2D eigenvalue weighted by atomic mass is 10.2. The maximum atomic E-state index is 11.9. The molecule has 3 rings (SSSR count). The van der Waals surface area contributed by atoms with Gasteiger partial charge in [0, 0.05) is 13.6 Å². The topological polar surface area (TPSA) is 71.0 Å². The quantitative estimate of drug-likeness (QED) is 0.876. The third kappa shape index (κ3) is 1.71. The average molecular weight is 263 g/mol. The van der Waals surface area contributed by atoms with Crippen molar-refractivity contribution in [1.82, 2.24) is 19.2 Å². The van der Waals surface area contributed by atoms with Gasteiger partial charge >= 0.3 is 0 Å². The van der Waals surface area contributed by atoms with Gasteiger partial charge in [-0.05, 0) is 24.9 Å². The van der Waals surface area contributed by atoms with E-state index in [1.165, 1.54) is 17.9 Å². The summed E-state index contributed by atoms with van der Waals surface area (Å²) in [5.41, 5.74) is 0.900. The molecule has 0 radical (unpaired) electrons. The van der Waals surface area contributed by atoms with Gasteiger partial charge in [-0.15, -0.1) is 0 Å². The van der Waals surface area contributed by atoms with Crippen molar-refractivity contribution >= 4 is 33.5 Å². The maximum absolute atomic E-state index is 11.9. The Morgan fingerprint density at radius 2 is 2.33 bits per heavy atom. The van der Waals surface area contributed by atoms with Crippen LogP contribution in [0.2, 0.25) is 0 Å². The number of hydrogen-bond acceptors (Lipinski definition) is 6. The van der Waals surface area contributed by atoms with Crippen molar-refractivity contribution in [2.75, 3.05) is 18.9 Å². The van der Waals surface area contributed by atoms with Crippen molar-refractivity contribution in [3.05, 3.63) is 12.0 Å². The number of aryl methyl sites for hydroxylation is 1. The van der Waals surface area contributed by atoms with E-state index in [-0.39, 0.29) is 11.9 Å². The Morgan fingerprint density at radius 3 is 3.06 bits per heavy atom. The summed E-state index contributed by atoms with van der Waals surface area (Å²) in [6.07, 6.45) is 2.31. The van der Waals surface area contributed by atoms with E-state index in [0.717, 1.165) is 28.9 Å². The molecule has 1 saturated heterocycles. The predicted molar refractivity (Wildman–Crippen MR) is 69.6 cm³/mol. The van der Waals surface area contributed by atoms with Crippen LogP contribution in [0.3, 0.4) is 0 Å². The van der Waals surface area contributed by atoms with Crippen molar-refractivity contribution in [3.8, 4) is 0 Å². The molecule has 1 aliphatic heterocycles. The Kier molecular flexibility index (Phi) is 2.62. The fourth-order valence-electron chi connectivity index (χ4n) is 2.15. The molecule has 0 spiro atoms. The number of nitrogens with one attached hydrogen (secondary N) is 1. The Hall–Kier alpha value is -1.76.